The molecule has 0 bridgehead atoms. The van der Waals surface area contributed by atoms with Crippen LogP contribution in [0.25, 0.3) is 0 Å². The fourth-order valence-electron chi connectivity index (χ4n) is 2.50. The molecule has 0 amide bonds. The summed E-state index contributed by atoms with van der Waals surface area (Å²) in [7, 11) is 0. The zero-order valence-corrected chi connectivity index (χ0v) is 11.6. The van der Waals surface area contributed by atoms with Crippen molar-refractivity contribution in [3.63, 3.8) is 0 Å². The van der Waals surface area contributed by atoms with E-state index in [-0.39, 0.29) is 18.2 Å². The summed E-state index contributed by atoms with van der Waals surface area (Å²) in [4.78, 5) is 17.0. The molecule has 1 unspecified atom stereocenters. The molecule has 1 atom stereocenters. The molecule has 1 fully saturated rings. The number of aliphatic hydroxyl groups is 1. The van der Waals surface area contributed by atoms with Crippen molar-refractivity contribution in [3.05, 3.63) is 22.2 Å². The van der Waals surface area contributed by atoms with Crippen molar-refractivity contribution in [2.45, 2.75) is 19.8 Å². The van der Waals surface area contributed by atoms with Crippen LogP contribution in [0, 0.1) is 16.0 Å². The summed E-state index contributed by atoms with van der Waals surface area (Å²) in [6.45, 7) is 4.12. The van der Waals surface area contributed by atoms with Gasteiger partial charge in [-0.15, -0.1) is 0 Å². The van der Waals surface area contributed by atoms with Gasteiger partial charge in [-0.2, -0.15) is 0 Å². The summed E-state index contributed by atoms with van der Waals surface area (Å²) >= 11 is 0. The first-order chi connectivity index (χ1) is 9.65. The second-order valence-electron chi connectivity index (χ2n) is 4.96. The maximum Gasteiger partial charge on any atom is 0.311 e. The van der Waals surface area contributed by atoms with Gasteiger partial charge in [-0.05, 0) is 31.7 Å². The van der Waals surface area contributed by atoms with Gasteiger partial charge in [-0.1, -0.05) is 0 Å². The molecule has 1 aromatic heterocycles. The molecule has 0 radical (unpaired) electrons. The zero-order valence-electron chi connectivity index (χ0n) is 11.6. The predicted octanol–water partition coefficient (Wildman–Crippen LogP) is 1.63. The van der Waals surface area contributed by atoms with Crippen LogP contribution in [0.4, 0.5) is 17.3 Å². The van der Waals surface area contributed by atoms with Crippen LogP contribution in [0.5, 0.6) is 0 Å². The lowest BCUT2D eigenvalue weighted by molar-refractivity contribution is -0.384. The number of aliphatic hydroxyl groups excluding tert-OH is 1. The lowest BCUT2D eigenvalue weighted by Crippen LogP contribution is -2.37. The topological polar surface area (TPSA) is 91.5 Å². The molecule has 20 heavy (non-hydrogen) atoms. The van der Waals surface area contributed by atoms with Crippen LogP contribution in [0.2, 0.25) is 0 Å². The number of anilines is 2. The van der Waals surface area contributed by atoms with Crippen molar-refractivity contribution < 1.29 is 10.0 Å². The molecule has 0 spiro atoms. The first kappa shape index (κ1) is 14.5. The lowest BCUT2D eigenvalue weighted by Gasteiger charge is -2.32. The first-order valence-corrected chi connectivity index (χ1v) is 6.90. The summed E-state index contributed by atoms with van der Waals surface area (Å²) in [5.41, 5.74) is 0.0187. The van der Waals surface area contributed by atoms with E-state index in [2.05, 4.69) is 10.3 Å². The highest BCUT2D eigenvalue weighted by Gasteiger charge is 2.26. The van der Waals surface area contributed by atoms with E-state index in [0.717, 1.165) is 19.4 Å². The summed E-state index contributed by atoms with van der Waals surface area (Å²) in [6, 6.07) is 3.11. The quantitative estimate of drug-likeness (QED) is 0.629. The van der Waals surface area contributed by atoms with Crippen molar-refractivity contribution >= 4 is 17.3 Å². The molecule has 1 aliphatic rings. The van der Waals surface area contributed by atoms with Crippen LogP contribution in [-0.2, 0) is 0 Å². The highest BCUT2D eigenvalue weighted by atomic mass is 16.6. The molecule has 0 aliphatic carbocycles. The van der Waals surface area contributed by atoms with Crippen LogP contribution in [0.15, 0.2) is 12.1 Å². The van der Waals surface area contributed by atoms with E-state index in [0.29, 0.717) is 24.7 Å². The van der Waals surface area contributed by atoms with E-state index in [1.54, 1.807) is 6.07 Å². The van der Waals surface area contributed by atoms with Gasteiger partial charge in [0, 0.05) is 32.3 Å². The molecule has 7 nitrogen and oxygen atoms in total. The Morgan fingerprint density at radius 3 is 3.05 bits per heavy atom. The zero-order chi connectivity index (χ0) is 14.5. The Labute approximate surface area is 117 Å². The lowest BCUT2D eigenvalue weighted by atomic mass is 9.99. The summed E-state index contributed by atoms with van der Waals surface area (Å²) in [5, 5.41) is 23.5. The van der Waals surface area contributed by atoms with Crippen LogP contribution >= 0.6 is 0 Å². The number of aromatic nitrogens is 1. The van der Waals surface area contributed by atoms with Gasteiger partial charge in [0.2, 0.25) is 5.82 Å². The summed E-state index contributed by atoms with van der Waals surface area (Å²) < 4.78 is 0. The Kier molecular flexibility index (Phi) is 4.73. The average molecular weight is 280 g/mol. The normalized spacial score (nSPS) is 18.9. The first-order valence-electron chi connectivity index (χ1n) is 6.90. The fourth-order valence-corrected chi connectivity index (χ4v) is 2.50. The third-order valence-corrected chi connectivity index (χ3v) is 3.49. The number of nitrogens with zero attached hydrogens (tertiary/aromatic N) is 3. The number of piperidine rings is 1. The Bertz CT molecular complexity index is 481. The molecular formula is C13H20N4O3. The van der Waals surface area contributed by atoms with Crippen molar-refractivity contribution in [2.75, 3.05) is 36.5 Å². The van der Waals surface area contributed by atoms with Gasteiger partial charge < -0.3 is 15.3 Å². The maximum absolute atomic E-state index is 11.2. The minimum atomic E-state index is -0.402. The molecule has 7 heteroatoms. The molecule has 1 saturated heterocycles. The number of hydrogen-bond acceptors (Lipinski definition) is 6. The number of pyridine rings is 1. The van der Waals surface area contributed by atoms with E-state index in [1.807, 2.05) is 11.8 Å². The number of hydrogen-bond donors (Lipinski definition) is 2. The smallest absolute Gasteiger partial charge is 0.311 e. The van der Waals surface area contributed by atoms with E-state index in [1.165, 1.54) is 6.07 Å². The van der Waals surface area contributed by atoms with Gasteiger partial charge >= 0.3 is 5.69 Å². The SMILES string of the molecule is CCNc1ccc([N+](=O)[O-])c(N2CCCC(CO)C2)n1. The van der Waals surface area contributed by atoms with Crippen LogP contribution in [-0.4, -0.2) is 41.3 Å². The monoisotopic (exact) mass is 280 g/mol. The highest BCUT2D eigenvalue weighted by Crippen LogP contribution is 2.30. The van der Waals surface area contributed by atoms with E-state index in [4.69, 9.17) is 0 Å². The standard InChI is InChI=1S/C13H20N4O3/c1-2-14-12-6-5-11(17(19)20)13(15-12)16-7-3-4-10(8-16)9-18/h5-6,10,18H,2-4,7-9H2,1H3,(H,14,15). The Morgan fingerprint density at radius 2 is 2.40 bits per heavy atom. The minimum Gasteiger partial charge on any atom is -0.396 e. The molecule has 1 aliphatic heterocycles. The second kappa shape index (κ2) is 6.51. The van der Waals surface area contributed by atoms with Crippen LogP contribution in [0.1, 0.15) is 19.8 Å². The van der Waals surface area contributed by atoms with Gasteiger partial charge in [0.25, 0.3) is 0 Å². The van der Waals surface area contributed by atoms with Crippen molar-refractivity contribution in [1.29, 1.82) is 0 Å². The fraction of sp³-hybridized carbons (Fsp3) is 0.615. The van der Waals surface area contributed by atoms with Crippen molar-refractivity contribution in [1.82, 2.24) is 4.98 Å². The summed E-state index contributed by atoms with van der Waals surface area (Å²) in [6.07, 6.45) is 1.86. The molecule has 1 aromatic rings. The van der Waals surface area contributed by atoms with E-state index < -0.39 is 4.92 Å². The predicted molar refractivity (Wildman–Crippen MR) is 77.1 cm³/mol. The third kappa shape index (κ3) is 3.16. The number of rotatable bonds is 5. The highest BCUT2D eigenvalue weighted by molar-refractivity contribution is 5.62. The largest absolute Gasteiger partial charge is 0.396 e. The van der Waals surface area contributed by atoms with E-state index in [9.17, 15) is 15.2 Å². The van der Waals surface area contributed by atoms with Crippen molar-refractivity contribution in [2.24, 2.45) is 5.92 Å². The van der Waals surface area contributed by atoms with Gasteiger partial charge in [-0.25, -0.2) is 4.98 Å². The molecule has 0 aromatic carbocycles. The second-order valence-corrected chi connectivity index (χ2v) is 4.96. The van der Waals surface area contributed by atoms with Crippen molar-refractivity contribution in [3.8, 4) is 0 Å². The molecular weight excluding hydrogens is 260 g/mol. The van der Waals surface area contributed by atoms with Crippen LogP contribution < -0.4 is 10.2 Å². The van der Waals surface area contributed by atoms with Gasteiger partial charge in [-0.3, -0.25) is 10.1 Å². The molecule has 0 saturated carbocycles. The molecule has 110 valence electrons. The van der Waals surface area contributed by atoms with Crippen LogP contribution in [0.3, 0.4) is 0 Å². The Morgan fingerprint density at radius 1 is 1.60 bits per heavy atom. The third-order valence-electron chi connectivity index (χ3n) is 3.49. The molecule has 2 N–H and O–H groups in total. The van der Waals surface area contributed by atoms with E-state index >= 15 is 0 Å². The van der Waals surface area contributed by atoms with Gasteiger partial charge in [0.15, 0.2) is 0 Å². The number of nitrogens with one attached hydrogen (secondary N) is 1. The molecule has 2 heterocycles. The number of nitro groups is 1. The van der Waals surface area contributed by atoms with Gasteiger partial charge in [0.1, 0.15) is 5.82 Å². The Balaban J connectivity index is 2.31. The minimum absolute atomic E-state index is 0.0187. The Hall–Kier alpha value is -1.89. The molecule has 2 rings (SSSR count). The average Bonchev–Trinajstić information content (AvgIpc) is 2.47. The summed E-state index contributed by atoms with van der Waals surface area (Å²) in [5.74, 6) is 1.19. The van der Waals surface area contributed by atoms with Gasteiger partial charge in [0.05, 0.1) is 4.92 Å². The maximum atomic E-state index is 11.2.